The lowest BCUT2D eigenvalue weighted by molar-refractivity contribution is 0.268. The van der Waals surface area contributed by atoms with Gasteiger partial charge in [-0.15, -0.1) is 0 Å². The molecule has 2 aromatic heterocycles. The Kier molecular flexibility index (Phi) is 6.03. The Labute approximate surface area is 174 Å². The van der Waals surface area contributed by atoms with Crippen LogP contribution >= 0.6 is 11.6 Å². The van der Waals surface area contributed by atoms with Crippen molar-refractivity contribution in [1.82, 2.24) is 9.97 Å². The third kappa shape index (κ3) is 5.12. The van der Waals surface area contributed by atoms with Crippen molar-refractivity contribution in [2.24, 2.45) is 0 Å². The summed E-state index contributed by atoms with van der Waals surface area (Å²) >= 11 is 5.98. The van der Waals surface area contributed by atoms with Crippen LogP contribution in [-0.4, -0.2) is 9.97 Å². The first kappa shape index (κ1) is 19.0. The summed E-state index contributed by atoms with van der Waals surface area (Å²) in [5.74, 6) is 0.962. The Balaban J connectivity index is 1.58. The quantitative estimate of drug-likeness (QED) is 0.383. The van der Waals surface area contributed by atoms with Gasteiger partial charge in [0.1, 0.15) is 13.2 Å². The number of ether oxygens (including phenoxy) is 2. The molecular weight excluding hydrogens is 384 g/mol. The molecule has 0 saturated heterocycles. The summed E-state index contributed by atoms with van der Waals surface area (Å²) in [7, 11) is 0. The van der Waals surface area contributed by atoms with Gasteiger partial charge in [-0.1, -0.05) is 72.3 Å². The molecule has 29 heavy (non-hydrogen) atoms. The van der Waals surface area contributed by atoms with Gasteiger partial charge in [-0.3, -0.25) is 4.98 Å². The number of pyridine rings is 2. The third-order valence-corrected chi connectivity index (χ3v) is 4.51. The molecule has 0 atom stereocenters. The van der Waals surface area contributed by atoms with Gasteiger partial charge < -0.3 is 9.47 Å². The van der Waals surface area contributed by atoms with E-state index < -0.39 is 0 Å². The Bertz CT molecular complexity index is 1060. The largest absolute Gasteiger partial charge is 0.473 e. The van der Waals surface area contributed by atoms with E-state index in [9.17, 15) is 0 Å². The van der Waals surface area contributed by atoms with Crippen LogP contribution in [0.15, 0.2) is 91.1 Å². The number of halogens is 1. The van der Waals surface area contributed by atoms with Crippen LogP contribution < -0.4 is 9.47 Å². The minimum Gasteiger partial charge on any atom is -0.473 e. The van der Waals surface area contributed by atoms with E-state index in [-0.39, 0.29) is 0 Å². The normalized spacial score (nSPS) is 10.5. The summed E-state index contributed by atoms with van der Waals surface area (Å²) in [4.78, 5) is 8.98. The molecule has 4 nitrogen and oxygen atoms in total. The standard InChI is InChI=1S/C24H19ClN2O2/c25-20-11-13-22(26-15-20)21-12-14-23(28-16-18-7-3-1-4-8-18)27-24(21)29-17-19-9-5-2-6-10-19/h1-15H,16-17H2. The molecule has 0 aliphatic carbocycles. The number of benzene rings is 2. The summed E-state index contributed by atoms with van der Waals surface area (Å²) in [6, 6.07) is 27.3. The lowest BCUT2D eigenvalue weighted by atomic mass is 10.2. The first-order valence-electron chi connectivity index (χ1n) is 9.24. The molecule has 5 heteroatoms. The van der Waals surface area contributed by atoms with E-state index in [0.717, 1.165) is 22.4 Å². The molecule has 0 spiro atoms. The molecule has 0 saturated carbocycles. The number of hydrogen-bond donors (Lipinski definition) is 0. The van der Waals surface area contributed by atoms with Crippen molar-refractivity contribution in [3.63, 3.8) is 0 Å². The second kappa shape index (κ2) is 9.22. The molecular formula is C24H19ClN2O2. The van der Waals surface area contributed by atoms with Crippen molar-refractivity contribution >= 4 is 11.6 Å². The number of aromatic nitrogens is 2. The van der Waals surface area contributed by atoms with Gasteiger partial charge in [-0.05, 0) is 29.3 Å². The van der Waals surface area contributed by atoms with Crippen molar-refractivity contribution < 1.29 is 9.47 Å². The minimum absolute atomic E-state index is 0.399. The summed E-state index contributed by atoms with van der Waals surface area (Å²) in [5.41, 5.74) is 3.65. The molecule has 0 N–H and O–H groups in total. The second-order valence-corrected chi connectivity index (χ2v) is 6.85. The molecule has 0 aliphatic heterocycles. The SMILES string of the molecule is Clc1ccc(-c2ccc(OCc3ccccc3)nc2OCc2ccccc2)nc1. The molecule has 0 aliphatic rings. The Morgan fingerprint density at radius 1 is 0.690 bits per heavy atom. The monoisotopic (exact) mass is 402 g/mol. The van der Waals surface area contributed by atoms with E-state index in [1.54, 1.807) is 12.3 Å². The summed E-state index contributed by atoms with van der Waals surface area (Å²) in [5, 5.41) is 0.580. The summed E-state index contributed by atoms with van der Waals surface area (Å²) in [6.45, 7) is 0.834. The zero-order chi connectivity index (χ0) is 19.9. The van der Waals surface area contributed by atoms with Crippen LogP contribution in [0.25, 0.3) is 11.3 Å². The predicted octanol–water partition coefficient (Wildman–Crippen LogP) is 5.96. The highest BCUT2D eigenvalue weighted by molar-refractivity contribution is 6.30. The van der Waals surface area contributed by atoms with E-state index in [2.05, 4.69) is 9.97 Å². The van der Waals surface area contributed by atoms with Gasteiger partial charge in [0.15, 0.2) is 0 Å². The average Bonchev–Trinajstić information content (AvgIpc) is 2.78. The van der Waals surface area contributed by atoms with Crippen molar-refractivity contribution in [2.75, 3.05) is 0 Å². The molecule has 0 bridgehead atoms. The fourth-order valence-corrected chi connectivity index (χ4v) is 2.91. The van der Waals surface area contributed by atoms with E-state index >= 15 is 0 Å². The highest BCUT2D eigenvalue weighted by Crippen LogP contribution is 2.30. The molecule has 0 fully saturated rings. The van der Waals surface area contributed by atoms with Gasteiger partial charge in [0, 0.05) is 12.3 Å². The van der Waals surface area contributed by atoms with Gasteiger partial charge in [0.25, 0.3) is 0 Å². The fourth-order valence-electron chi connectivity index (χ4n) is 2.80. The summed E-state index contributed by atoms with van der Waals surface area (Å²) in [6.07, 6.45) is 1.61. The van der Waals surface area contributed by atoms with Gasteiger partial charge in [-0.25, -0.2) is 0 Å². The van der Waals surface area contributed by atoms with Gasteiger partial charge >= 0.3 is 0 Å². The van der Waals surface area contributed by atoms with Crippen LogP contribution in [-0.2, 0) is 13.2 Å². The number of rotatable bonds is 7. The molecule has 2 heterocycles. The topological polar surface area (TPSA) is 44.2 Å². The Morgan fingerprint density at radius 3 is 1.97 bits per heavy atom. The Morgan fingerprint density at radius 2 is 1.34 bits per heavy atom. The predicted molar refractivity (Wildman–Crippen MR) is 114 cm³/mol. The van der Waals surface area contributed by atoms with Crippen LogP contribution in [0.1, 0.15) is 11.1 Å². The summed E-state index contributed by atoms with van der Waals surface area (Å²) < 4.78 is 11.9. The van der Waals surface area contributed by atoms with Gasteiger partial charge in [0.05, 0.1) is 16.3 Å². The highest BCUT2D eigenvalue weighted by atomic mass is 35.5. The van der Waals surface area contributed by atoms with Crippen LogP contribution in [0.4, 0.5) is 0 Å². The van der Waals surface area contributed by atoms with Crippen LogP contribution in [0, 0.1) is 0 Å². The lowest BCUT2D eigenvalue weighted by Gasteiger charge is -2.13. The third-order valence-electron chi connectivity index (χ3n) is 4.29. The maximum Gasteiger partial charge on any atom is 0.226 e. The Hall–Kier alpha value is -3.37. The molecule has 4 aromatic rings. The van der Waals surface area contributed by atoms with Crippen LogP contribution in [0.3, 0.4) is 0 Å². The first-order valence-corrected chi connectivity index (χ1v) is 9.62. The maximum atomic E-state index is 6.04. The number of nitrogens with zero attached hydrogens (tertiary/aromatic N) is 2. The molecule has 4 rings (SSSR count). The molecule has 144 valence electrons. The van der Waals surface area contributed by atoms with E-state index in [1.807, 2.05) is 78.9 Å². The average molecular weight is 403 g/mol. The van der Waals surface area contributed by atoms with Crippen LogP contribution in [0.2, 0.25) is 5.02 Å². The van der Waals surface area contributed by atoms with Crippen molar-refractivity contribution in [1.29, 1.82) is 0 Å². The van der Waals surface area contributed by atoms with Crippen molar-refractivity contribution in [3.8, 4) is 23.0 Å². The van der Waals surface area contributed by atoms with E-state index in [0.29, 0.717) is 30.0 Å². The zero-order valence-electron chi connectivity index (χ0n) is 15.7. The fraction of sp³-hybridized carbons (Fsp3) is 0.0833. The van der Waals surface area contributed by atoms with Crippen molar-refractivity contribution in [3.05, 3.63) is 107 Å². The lowest BCUT2D eigenvalue weighted by Crippen LogP contribution is -2.02. The molecule has 0 unspecified atom stereocenters. The highest BCUT2D eigenvalue weighted by Gasteiger charge is 2.12. The molecule has 0 amide bonds. The number of hydrogen-bond acceptors (Lipinski definition) is 4. The van der Waals surface area contributed by atoms with E-state index in [4.69, 9.17) is 21.1 Å². The zero-order valence-corrected chi connectivity index (χ0v) is 16.4. The smallest absolute Gasteiger partial charge is 0.226 e. The second-order valence-electron chi connectivity index (χ2n) is 6.41. The molecule has 0 radical (unpaired) electrons. The molecule has 2 aromatic carbocycles. The minimum atomic E-state index is 0.399. The van der Waals surface area contributed by atoms with Gasteiger partial charge in [0.2, 0.25) is 11.8 Å². The van der Waals surface area contributed by atoms with Crippen LogP contribution in [0.5, 0.6) is 11.8 Å². The van der Waals surface area contributed by atoms with Crippen molar-refractivity contribution in [2.45, 2.75) is 13.2 Å². The van der Waals surface area contributed by atoms with Gasteiger partial charge in [-0.2, -0.15) is 4.98 Å². The van der Waals surface area contributed by atoms with E-state index in [1.165, 1.54) is 0 Å². The first-order chi connectivity index (χ1) is 14.3. The maximum absolute atomic E-state index is 6.04.